The van der Waals surface area contributed by atoms with Crippen molar-refractivity contribution in [2.45, 2.75) is 0 Å². The van der Waals surface area contributed by atoms with Crippen LogP contribution in [0, 0.1) is 5.82 Å². The Bertz CT molecular complexity index is 601. The van der Waals surface area contributed by atoms with E-state index in [4.69, 9.17) is 10.8 Å². The number of halogens is 2. The Morgan fingerprint density at radius 1 is 1.50 bits per heavy atom. The van der Waals surface area contributed by atoms with Gasteiger partial charge in [0.2, 0.25) is 0 Å². The standard InChI is InChI=1S/C10H6BrFN2O2/c11-6-3-14-9(10(15)16)5-1-4(12)2-7(13)8(5)6/h1-3H,13H2,(H,15,16). The highest BCUT2D eigenvalue weighted by Gasteiger charge is 2.15. The van der Waals surface area contributed by atoms with E-state index in [0.717, 1.165) is 12.1 Å². The molecular weight excluding hydrogens is 279 g/mol. The van der Waals surface area contributed by atoms with Crippen molar-refractivity contribution in [2.75, 3.05) is 5.73 Å². The van der Waals surface area contributed by atoms with Gasteiger partial charge in [0, 0.05) is 27.1 Å². The Morgan fingerprint density at radius 3 is 2.81 bits per heavy atom. The lowest BCUT2D eigenvalue weighted by Crippen LogP contribution is -2.03. The first-order chi connectivity index (χ1) is 7.50. The zero-order valence-electron chi connectivity index (χ0n) is 7.87. The van der Waals surface area contributed by atoms with Crippen LogP contribution in [0.4, 0.5) is 10.1 Å². The maximum absolute atomic E-state index is 13.2. The molecule has 0 atom stereocenters. The van der Waals surface area contributed by atoms with Gasteiger partial charge in [-0.2, -0.15) is 0 Å². The molecule has 0 bridgehead atoms. The second-order valence-electron chi connectivity index (χ2n) is 3.18. The van der Waals surface area contributed by atoms with Crippen LogP contribution >= 0.6 is 15.9 Å². The van der Waals surface area contributed by atoms with E-state index in [1.165, 1.54) is 6.20 Å². The first-order valence-electron chi connectivity index (χ1n) is 4.27. The van der Waals surface area contributed by atoms with Crippen LogP contribution in [-0.4, -0.2) is 16.1 Å². The number of aromatic nitrogens is 1. The summed E-state index contributed by atoms with van der Waals surface area (Å²) < 4.78 is 13.7. The third kappa shape index (κ3) is 1.61. The van der Waals surface area contributed by atoms with Crippen LogP contribution in [0.5, 0.6) is 0 Å². The SMILES string of the molecule is Nc1cc(F)cc2c(C(=O)O)ncc(Br)c12. The van der Waals surface area contributed by atoms with Gasteiger partial charge in [-0.1, -0.05) is 0 Å². The predicted octanol–water partition coefficient (Wildman–Crippen LogP) is 2.42. The van der Waals surface area contributed by atoms with Crippen molar-refractivity contribution in [3.63, 3.8) is 0 Å². The predicted molar refractivity (Wildman–Crippen MR) is 60.8 cm³/mol. The molecule has 0 spiro atoms. The highest BCUT2D eigenvalue weighted by Crippen LogP contribution is 2.31. The minimum absolute atomic E-state index is 0.173. The summed E-state index contributed by atoms with van der Waals surface area (Å²) >= 11 is 3.20. The van der Waals surface area contributed by atoms with Crippen LogP contribution in [-0.2, 0) is 0 Å². The number of anilines is 1. The van der Waals surface area contributed by atoms with E-state index in [2.05, 4.69) is 20.9 Å². The summed E-state index contributed by atoms with van der Waals surface area (Å²) in [7, 11) is 0. The Labute approximate surface area is 98.0 Å². The average molecular weight is 285 g/mol. The van der Waals surface area contributed by atoms with E-state index in [1.807, 2.05) is 0 Å². The van der Waals surface area contributed by atoms with E-state index < -0.39 is 11.8 Å². The minimum atomic E-state index is -1.22. The number of carboxylic acid groups (broad SMARTS) is 1. The van der Waals surface area contributed by atoms with Gasteiger partial charge in [-0.15, -0.1) is 0 Å². The zero-order valence-corrected chi connectivity index (χ0v) is 9.45. The largest absolute Gasteiger partial charge is 0.476 e. The van der Waals surface area contributed by atoms with Crippen molar-refractivity contribution in [1.29, 1.82) is 0 Å². The highest BCUT2D eigenvalue weighted by molar-refractivity contribution is 9.10. The Morgan fingerprint density at radius 2 is 2.19 bits per heavy atom. The van der Waals surface area contributed by atoms with E-state index in [9.17, 15) is 9.18 Å². The van der Waals surface area contributed by atoms with Gasteiger partial charge in [0.1, 0.15) is 5.82 Å². The van der Waals surface area contributed by atoms with Crippen LogP contribution < -0.4 is 5.73 Å². The highest BCUT2D eigenvalue weighted by atomic mass is 79.9. The lowest BCUT2D eigenvalue weighted by atomic mass is 10.1. The maximum atomic E-state index is 13.2. The van der Waals surface area contributed by atoms with Crippen molar-refractivity contribution < 1.29 is 14.3 Å². The molecule has 4 nitrogen and oxygen atoms in total. The van der Waals surface area contributed by atoms with Crippen LogP contribution in [0.25, 0.3) is 10.8 Å². The number of hydrogen-bond acceptors (Lipinski definition) is 3. The van der Waals surface area contributed by atoms with Gasteiger partial charge in [-0.25, -0.2) is 14.2 Å². The van der Waals surface area contributed by atoms with Crippen molar-refractivity contribution >= 4 is 38.4 Å². The maximum Gasteiger partial charge on any atom is 0.355 e. The number of hydrogen-bond donors (Lipinski definition) is 2. The summed E-state index contributed by atoms with van der Waals surface area (Å²) in [4.78, 5) is 14.6. The quantitative estimate of drug-likeness (QED) is 0.789. The number of nitrogens with zero attached hydrogens (tertiary/aromatic N) is 1. The van der Waals surface area contributed by atoms with Gasteiger partial charge < -0.3 is 10.8 Å². The summed E-state index contributed by atoms with van der Waals surface area (Å²) in [6.07, 6.45) is 1.33. The molecule has 0 aliphatic rings. The number of benzene rings is 1. The number of aromatic carboxylic acids is 1. The molecule has 0 saturated heterocycles. The summed E-state index contributed by atoms with van der Waals surface area (Å²) in [5, 5.41) is 9.55. The van der Waals surface area contributed by atoms with Crippen molar-refractivity contribution in [3.05, 3.63) is 34.3 Å². The molecule has 82 valence electrons. The Balaban J connectivity index is 2.98. The molecule has 0 amide bonds. The van der Waals surface area contributed by atoms with Gasteiger partial charge in [-0.05, 0) is 28.1 Å². The van der Waals surface area contributed by atoms with Crippen LogP contribution in [0.15, 0.2) is 22.8 Å². The molecule has 16 heavy (non-hydrogen) atoms. The van der Waals surface area contributed by atoms with Crippen LogP contribution in [0.3, 0.4) is 0 Å². The molecule has 0 radical (unpaired) electrons. The van der Waals surface area contributed by atoms with E-state index in [-0.39, 0.29) is 16.8 Å². The lowest BCUT2D eigenvalue weighted by Gasteiger charge is -2.07. The molecule has 1 heterocycles. The van der Waals surface area contributed by atoms with Crippen LogP contribution in [0.2, 0.25) is 0 Å². The lowest BCUT2D eigenvalue weighted by molar-refractivity contribution is 0.0693. The number of carbonyl (C=O) groups is 1. The summed E-state index contributed by atoms with van der Waals surface area (Å²) in [6.45, 7) is 0. The van der Waals surface area contributed by atoms with Crippen molar-refractivity contribution in [3.8, 4) is 0 Å². The summed E-state index contributed by atoms with van der Waals surface area (Å²) in [5.74, 6) is -1.81. The number of nitrogen functional groups attached to an aromatic ring is 1. The fourth-order valence-corrected chi connectivity index (χ4v) is 2.05. The van der Waals surface area contributed by atoms with Gasteiger partial charge >= 0.3 is 5.97 Å². The van der Waals surface area contributed by atoms with Crippen molar-refractivity contribution in [2.24, 2.45) is 0 Å². The average Bonchev–Trinajstić information content (AvgIpc) is 2.15. The van der Waals surface area contributed by atoms with Crippen molar-refractivity contribution in [1.82, 2.24) is 4.98 Å². The summed E-state index contributed by atoms with van der Waals surface area (Å²) in [6, 6.07) is 2.24. The normalized spacial score (nSPS) is 10.6. The molecule has 0 saturated carbocycles. The molecule has 6 heteroatoms. The molecule has 0 fully saturated rings. The number of fused-ring (bicyclic) bond motifs is 1. The van der Waals surface area contributed by atoms with Gasteiger partial charge in [-0.3, -0.25) is 0 Å². The third-order valence-electron chi connectivity index (χ3n) is 2.14. The van der Waals surface area contributed by atoms with Gasteiger partial charge in [0.15, 0.2) is 5.69 Å². The molecule has 2 rings (SSSR count). The van der Waals surface area contributed by atoms with E-state index in [1.54, 1.807) is 0 Å². The number of rotatable bonds is 1. The molecule has 1 aromatic carbocycles. The molecule has 0 aliphatic heterocycles. The first kappa shape index (κ1) is 10.8. The topological polar surface area (TPSA) is 76.2 Å². The molecule has 3 N–H and O–H groups in total. The number of nitrogens with two attached hydrogens (primary N) is 1. The van der Waals surface area contributed by atoms with Gasteiger partial charge in [0.25, 0.3) is 0 Å². The molecule has 0 unspecified atom stereocenters. The Kier molecular flexibility index (Phi) is 2.51. The molecule has 0 aliphatic carbocycles. The molecule has 2 aromatic rings. The smallest absolute Gasteiger partial charge is 0.355 e. The van der Waals surface area contributed by atoms with Gasteiger partial charge in [0.05, 0.1) is 0 Å². The fourth-order valence-electron chi connectivity index (χ4n) is 1.51. The second-order valence-corrected chi connectivity index (χ2v) is 4.03. The van der Waals surface area contributed by atoms with E-state index >= 15 is 0 Å². The molecular formula is C10H6BrFN2O2. The van der Waals surface area contributed by atoms with E-state index in [0.29, 0.717) is 9.86 Å². The second kappa shape index (κ2) is 3.71. The number of carboxylic acids is 1. The minimum Gasteiger partial charge on any atom is -0.476 e. The monoisotopic (exact) mass is 284 g/mol. The first-order valence-corrected chi connectivity index (χ1v) is 5.06. The number of pyridine rings is 1. The Hall–Kier alpha value is -1.69. The fraction of sp³-hybridized carbons (Fsp3) is 0. The van der Waals surface area contributed by atoms with Crippen LogP contribution in [0.1, 0.15) is 10.5 Å². The molecule has 1 aromatic heterocycles. The summed E-state index contributed by atoms with van der Waals surface area (Å²) in [5.41, 5.74) is 5.59. The third-order valence-corrected chi connectivity index (χ3v) is 2.74. The zero-order chi connectivity index (χ0) is 11.9.